The molecule has 4 heteroatoms. The molecular weight excluding hydrogens is 404 g/mol. The van der Waals surface area contributed by atoms with E-state index in [1.165, 1.54) is 16.2 Å². The molecule has 1 aromatic heterocycles. The second-order valence-electron chi connectivity index (χ2n) is 6.16. The van der Waals surface area contributed by atoms with Crippen molar-refractivity contribution in [2.45, 2.75) is 6.04 Å². The Morgan fingerprint density at radius 2 is 1.32 bits per heavy atom. The summed E-state index contributed by atoms with van der Waals surface area (Å²) in [7, 11) is 0. The van der Waals surface area contributed by atoms with E-state index in [1.807, 2.05) is 44.2 Å². The molecule has 1 atom stereocenters. The Labute approximate surface area is 183 Å². The van der Waals surface area contributed by atoms with Gasteiger partial charge in [0.25, 0.3) is 0 Å². The molecule has 0 spiro atoms. The summed E-state index contributed by atoms with van der Waals surface area (Å²) in [5.74, 6) is 1.26. The number of nitrogens with zero attached hydrogens (tertiary/aromatic N) is 1. The van der Waals surface area contributed by atoms with Crippen molar-refractivity contribution in [3.63, 3.8) is 0 Å². The van der Waals surface area contributed by atoms with Crippen LogP contribution in [0.5, 0.6) is 0 Å². The Morgan fingerprint density at radius 3 is 1.96 bits per heavy atom. The van der Waals surface area contributed by atoms with Gasteiger partial charge in [0.05, 0.1) is 16.3 Å². The molecule has 138 valence electrons. The first kappa shape index (κ1) is 21.4. The van der Waals surface area contributed by atoms with E-state index in [4.69, 9.17) is 4.98 Å². The van der Waals surface area contributed by atoms with Crippen molar-refractivity contribution in [3.05, 3.63) is 124 Å². The average Bonchev–Trinajstić information content (AvgIpc) is 3.50. The molecule has 1 heterocycles. The van der Waals surface area contributed by atoms with Crippen molar-refractivity contribution < 1.29 is 17.1 Å². The van der Waals surface area contributed by atoms with Gasteiger partial charge in [0.2, 0.25) is 0 Å². The smallest absolute Gasteiger partial charge is 0.354 e. The van der Waals surface area contributed by atoms with Gasteiger partial charge in [-0.15, -0.1) is 0 Å². The molecule has 28 heavy (non-hydrogen) atoms. The van der Waals surface area contributed by atoms with Crippen molar-refractivity contribution in [1.29, 1.82) is 0 Å². The van der Waals surface area contributed by atoms with E-state index >= 15 is 0 Å². The van der Waals surface area contributed by atoms with Crippen LogP contribution in [0.25, 0.3) is 10.2 Å². The molecule has 2 saturated carbocycles. The Balaban J connectivity index is 0.000000329. The SMILES string of the molecule is [CH]1[CH][CH][CH][CH]1.[CH]1[CH][CH][C](C(Nc2nc3ccccc3s2)c2ccccc2)[CH]1.[Fe+2]. The minimum atomic E-state index is 0. The molecule has 2 aliphatic carbocycles. The largest absolute Gasteiger partial charge is 2.00 e. The van der Waals surface area contributed by atoms with Crippen LogP contribution in [0, 0.1) is 63.7 Å². The molecule has 3 aromatic rings. The van der Waals surface area contributed by atoms with Crippen LogP contribution < -0.4 is 5.32 Å². The van der Waals surface area contributed by atoms with Crippen LogP contribution in [-0.4, -0.2) is 4.98 Å². The van der Waals surface area contributed by atoms with Gasteiger partial charge in [-0.25, -0.2) is 4.98 Å². The third-order valence-corrected chi connectivity index (χ3v) is 5.24. The van der Waals surface area contributed by atoms with E-state index < -0.39 is 0 Å². The summed E-state index contributed by atoms with van der Waals surface area (Å²) in [6, 6.07) is 18.9. The van der Waals surface area contributed by atoms with Gasteiger partial charge in [0, 0.05) is 5.92 Å². The molecule has 10 radical (unpaired) electrons. The van der Waals surface area contributed by atoms with Gasteiger partial charge in [-0.2, -0.15) is 0 Å². The topological polar surface area (TPSA) is 24.9 Å². The van der Waals surface area contributed by atoms with Crippen LogP contribution in [0.4, 0.5) is 5.13 Å². The van der Waals surface area contributed by atoms with E-state index in [0.717, 1.165) is 10.6 Å². The fourth-order valence-corrected chi connectivity index (χ4v) is 3.86. The summed E-state index contributed by atoms with van der Waals surface area (Å²) in [5, 5.41) is 4.55. The molecule has 5 rings (SSSR count). The van der Waals surface area contributed by atoms with Gasteiger partial charge >= 0.3 is 17.1 Å². The quantitative estimate of drug-likeness (QED) is 0.530. The first-order valence-electron chi connectivity index (χ1n) is 8.95. The van der Waals surface area contributed by atoms with Crippen molar-refractivity contribution >= 4 is 26.7 Å². The van der Waals surface area contributed by atoms with E-state index in [1.54, 1.807) is 11.3 Å². The van der Waals surface area contributed by atoms with Crippen LogP contribution in [0.15, 0.2) is 54.6 Å². The predicted octanol–water partition coefficient (Wildman–Crippen LogP) is 5.87. The summed E-state index contributed by atoms with van der Waals surface area (Å²) >= 11 is 1.70. The number of hydrogen-bond acceptors (Lipinski definition) is 3. The molecule has 0 amide bonds. The van der Waals surface area contributed by atoms with Gasteiger partial charge in [-0.05, 0) is 75.5 Å². The number of benzene rings is 2. The zero-order valence-electron chi connectivity index (χ0n) is 15.2. The second kappa shape index (κ2) is 11.0. The fraction of sp³-hybridized carbons (Fsp3) is 0.0417. The molecule has 1 N–H and O–H groups in total. The minimum absolute atomic E-state index is 0. The number of hydrogen-bond donors (Lipinski definition) is 1. The molecule has 0 bridgehead atoms. The van der Waals surface area contributed by atoms with Crippen LogP contribution in [0.3, 0.4) is 0 Å². The maximum Gasteiger partial charge on any atom is 2.00 e. The maximum atomic E-state index is 4.70. The molecule has 1 unspecified atom stereocenters. The van der Waals surface area contributed by atoms with E-state index in [-0.39, 0.29) is 23.1 Å². The molecular formula is C24H20FeN2S+2. The van der Waals surface area contributed by atoms with E-state index in [2.05, 4.69) is 73.5 Å². The standard InChI is InChI=1S/C19H15N2S.C5H5.Fe/c1-2-8-14(9-3-1)18(15-10-4-5-11-15)21-19-20-16-12-6-7-13-17(16)22-19;1-2-4-5-3-1;/h1-13,18H,(H,20,21);1-5H;/q;;+2. The molecule has 2 aromatic carbocycles. The maximum absolute atomic E-state index is 4.70. The Kier molecular flexibility index (Phi) is 8.39. The molecule has 2 aliphatic rings. The zero-order valence-corrected chi connectivity index (χ0v) is 17.1. The summed E-state index contributed by atoms with van der Waals surface area (Å²) in [5.41, 5.74) is 2.29. The Morgan fingerprint density at radius 1 is 0.714 bits per heavy atom. The van der Waals surface area contributed by atoms with Crippen molar-refractivity contribution in [2.24, 2.45) is 0 Å². The number of nitrogens with one attached hydrogen (secondary N) is 1. The van der Waals surface area contributed by atoms with E-state index in [9.17, 15) is 0 Å². The van der Waals surface area contributed by atoms with Gasteiger partial charge in [0.15, 0.2) is 5.13 Å². The molecule has 0 saturated heterocycles. The third-order valence-electron chi connectivity index (χ3n) is 4.27. The first-order valence-corrected chi connectivity index (χ1v) is 9.77. The Hall–Kier alpha value is -1.35. The Bertz CT molecular complexity index is 782. The van der Waals surface area contributed by atoms with Gasteiger partial charge in [-0.3, -0.25) is 0 Å². The number of thiazole rings is 1. The van der Waals surface area contributed by atoms with Crippen molar-refractivity contribution in [3.8, 4) is 0 Å². The number of aromatic nitrogens is 1. The third kappa shape index (κ3) is 5.59. The molecule has 0 aliphatic heterocycles. The number of para-hydroxylation sites is 1. The summed E-state index contributed by atoms with van der Waals surface area (Å²) in [6.07, 6.45) is 18.5. The number of fused-ring (bicyclic) bond motifs is 1. The summed E-state index contributed by atoms with van der Waals surface area (Å²) < 4.78 is 1.21. The van der Waals surface area contributed by atoms with Crippen LogP contribution in [0.1, 0.15) is 11.6 Å². The van der Waals surface area contributed by atoms with Crippen LogP contribution in [-0.2, 0) is 17.1 Å². The normalized spacial score (nSPS) is 17.6. The van der Waals surface area contributed by atoms with Gasteiger partial charge < -0.3 is 5.32 Å². The van der Waals surface area contributed by atoms with Gasteiger partial charge in [-0.1, -0.05) is 53.8 Å². The predicted molar refractivity (Wildman–Crippen MR) is 114 cm³/mol. The van der Waals surface area contributed by atoms with Crippen LogP contribution >= 0.6 is 11.3 Å². The number of anilines is 1. The first-order chi connectivity index (χ1) is 13.4. The zero-order chi connectivity index (χ0) is 18.3. The van der Waals surface area contributed by atoms with Gasteiger partial charge in [0.1, 0.15) is 0 Å². The minimum Gasteiger partial charge on any atom is -0.354 e. The number of rotatable bonds is 4. The summed E-state index contributed by atoms with van der Waals surface area (Å²) in [6.45, 7) is 0. The van der Waals surface area contributed by atoms with Crippen molar-refractivity contribution in [2.75, 3.05) is 5.32 Å². The average molecular weight is 424 g/mol. The molecule has 2 fully saturated rings. The second-order valence-corrected chi connectivity index (χ2v) is 7.19. The van der Waals surface area contributed by atoms with Crippen LogP contribution in [0.2, 0.25) is 0 Å². The van der Waals surface area contributed by atoms with E-state index in [0.29, 0.717) is 0 Å². The molecule has 2 nitrogen and oxygen atoms in total. The van der Waals surface area contributed by atoms with Crippen molar-refractivity contribution in [1.82, 2.24) is 4.98 Å². The fourth-order valence-electron chi connectivity index (χ4n) is 2.96. The summed E-state index contributed by atoms with van der Waals surface area (Å²) in [4.78, 5) is 4.70. The monoisotopic (exact) mass is 424 g/mol.